The third-order valence-corrected chi connectivity index (χ3v) is 1.57. The summed E-state index contributed by atoms with van der Waals surface area (Å²) >= 11 is 0. The lowest BCUT2D eigenvalue weighted by molar-refractivity contribution is 0.622. The zero-order valence-corrected chi connectivity index (χ0v) is 5.07. The quantitative estimate of drug-likeness (QED) is 0.478. The monoisotopic (exact) mass is 99.1 g/mol. The number of nitrogens with one attached hydrogen (secondary N) is 1. The van der Waals surface area contributed by atoms with E-state index in [1.807, 2.05) is 0 Å². The molecule has 1 rings (SSSR count). The van der Waals surface area contributed by atoms with Crippen molar-refractivity contribution < 1.29 is 0 Å². The van der Waals surface area contributed by atoms with Gasteiger partial charge in [0.1, 0.15) is 0 Å². The number of hydrogen-bond donors (Lipinski definition) is 1. The maximum absolute atomic E-state index is 3.37. The molecular formula is C6H13N. The summed E-state index contributed by atoms with van der Waals surface area (Å²) in [5.74, 6) is 0.912. The molecule has 42 valence electrons. The molecule has 0 amide bonds. The van der Waals surface area contributed by atoms with Gasteiger partial charge in [-0.3, -0.25) is 0 Å². The zero-order chi connectivity index (χ0) is 5.28. The van der Waals surface area contributed by atoms with E-state index >= 15 is 0 Å². The van der Waals surface area contributed by atoms with Crippen LogP contribution < -0.4 is 5.32 Å². The second kappa shape index (κ2) is 1.83. The molecule has 0 saturated carbocycles. The normalized spacial score (nSPS) is 42.0. The van der Waals surface area contributed by atoms with Gasteiger partial charge < -0.3 is 5.32 Å². The van der Waals surface area contributed by atoms with Crippen molar-refractivity contribution in [3.05, 3.63) is 0 Å². The van der Waals surface area contributed by atoms with Crippen molar-refractivity contribution in [2.45, 2.75) is 26.3 Å². The van der Waals surface area contributed by atoms with E-state index in [1.54, 1.807) is 0 Å². The lowest BCUT2D eigenvalue weighted by Crippen LogP contribution is -2.16. The SMILES string of the molecule is C[C@@H]1CN[C@@H](C)C1. The van der Waals surface area contributed by atoms with Crippen molar-refractivity contribution in [1.29, 1.82) is 0 Å². The van der Waals surface area contributed by atoms with Crippen LogP contribution in [-0.4, -0.2) is 12.6 Å². The Bertz CT molecular complexity index is 53.2. The molecular weight excluding hydrogens is 86.1 g/mol. The van der Waals surface area contributed by atoms with Crippen molar-refractivity contribution in [3.63, 3.8) is 0 Å². The molecule has 1 saturated heterocycles. The van der Waals surface area contributed by atoms with Crippen molar-refractivity contribution in [2.75, 3.05) is 6.54 Å². The highest BCUT2D eigenvalue weighted by molar-refractivity contribution is 4.74. The van der Waals surface area contributed by atoms with Crippen molar-refractivity contribution in [1.82, 2.24) is 5.32 Å². The standard InChI is InChI=1S/C6H13N/c1-5-3-6(2)7-4-5/h5-7H,3-4H2,1-2H3/t5-,6-/m0/s1. The highest BCUT2D eigenvalue weighted by atomic mass is 14.9. The summed E-state index contributed by atoms with van der Waals surface area (Å²) in [5.41, 5.74) is 0. The van der Waals surface area contributed by atoms with Crippen LogP contribution in [0, 0.1) is 5.92 Å². The Morgan fingerprint density at radius 1 is 1.43 bits per heavy atom. The van der Waals surface area contributed by atoms with Crippen LogP contribution in [0.15, 0.2) is 0 Å². The summed E-state index contributed by atoms with van der Waals surface area (Å²) < 4.78 is 0. The first kappa shape index (κ1) is 5.10. The molecule has 0 aromatic rings. The lowest BCUT2D eigenvalue weighted by Gasteiger charge is -1.96. The smallest absolute Gasteiger partial charge is 0.00418 e. The maximum Gasteiger partial charge on any atom is 0.00418 e. The van der Waals surface area contributed by atoms with Gasteiger partial charge in [0.05, 0.1) is 0 Å². The molecule has 0 aromatic carbocycles. The van der Waals surface area contributed by atoms with Crippen molar-refractivity contribution in [3.8, 4) is 0 Å². The minimum Gasteiger partial charge on any atom is -0.314 e. The van der Waals surface area contributed by atoms with Crippen LogP contribution in [0.4, 0.5) is 0 Å². The van der Waals surface area contributed by atoms with Gasteiger partial charge in [-0.05, 0) is 25.8 Å². The fraction of sp³-hybridized carbons (Fsp3) is 1.00. The van der Waals surface area contributed by atoms with Gasteiger partial charge in [0.15, 0.2) is 0 Å². The van der Waals surface area contributed by atoms with Crippen LogP contribution in [0.2, 0.25) is 0 Å². The highest BCUT2D eigenvalue weighted by Crippen LogP contribution is 2.10. The summed E-state index contributed by atoms with van der Waals surface area (Å²) in [6, 6.07) is 0.773. The van der Waals surface area contributed by atoms with Crippen LogP contribution in [0.3, 0.4) is 0 Å². The first-order chi connectivity index (χ1) is 3.29. The molecule has 0 aliphatic carbocycles. The van der Waals surface area contributed by atoms with E-state index < -0.39 is 0 Å². The molecule has 0 radical (unpaired) electrons. The Hall–Kier alpha value is -0.0400. The van der Waals surface area contributed by atoms with Gasteiger partial charge in [-0.2, -0.15) is 0 Å². The average molecular weight is 99.2 g/mol. The van der Waals surface area contributed by atoms with E-state index in [9.17, 15) is 0 Å². The van der Waals surface area contributed by atoms with Gasteiger partial charge in [0.25, 0.3) is 0 Å². The Kier molecular flexibility index (Phi) is 1.33. The second-order valence-electron chi connectivity index (χ2n) is 2.65. The summed E-state index contributed by atoms with van der Waals surface area (Å²) in [7, 11) is 0. The molecule has 0 unspecified atom stereocenters. The summed E-state index contributed by atoms with van der Waals surface area (Å²) in [4.78, 5) is 0. The Morgan fingerprint density at radius 3 is 2.29 bits per heavy atom. The molecule has 1 aliphatic heterocycles. The molecule has 1 heterocycles. The van der Waals surface area contributed by atoms with Gasteiger partial charge in [0, 0.05) is 6.04 Å². The van der Waals surface area contributed by atoms with Crippen molar-refractivity contribution in [2.24, 2.45) is 5.92 Å². The molecule has 1 N–H and O–H groups in total. The van der Waals surface area contributed by atoms with E-state index in [0.29, 0.717) is 0 Å². The van der Waals surface area contributed by atoms with Gasteiger partial charge in [0.2, 0.25) is 0 Å². The Labute approximate surface area is 45.1 Å². The van der Waals surface area contributed by atoms with Gasteiger partial charge in [-0.25, -0.2) is 0 Å². The second-order valence-corrected chi connectivity index (χ2v) is 2.65. The fourth-order valence-electron chi connectivity index (χ4n) is 1.17. The number of hydrogen-bond acceptors (Lipinski definition) is 1. The molecule has 7 heavy (non-hydrogen) atoms. The highest BCUT2D eigenvalue weighted by Gasteiger charge is 2.14. The topological polar surface area (TPSA) is 12.0 Å². The predicted octanol–water partition coefficient (Wildman–Crippen LogP) is 1.00. The molecule has 1 aliphatic rings. The average Bonchev–Trinajstić information content (AvgIpc) is 1.87. The zero-order valence-electron chi connectivity index (χ0n) is 5.07. The van der Waals surface area contributed by atoms with E-state index in [-0.39, 0.29) is 0 Å². The molecule has 0 bridgehead atoms. The Morgan fingerprint density at radius 2 is 2.14 bits per heavy atom. The van der Waals surface area contributed by atoms with Gasteiger partial charge in [-0.15, -0.1) is 0 Å². The molecule has 2 atom stereocenters. The lowest BCUT2D eigenvalue weighted by atomic mass is 10.1. The van der Waals surface area contributed by atoms with Gasteiger partial charge >= 0.3 is 0 Å². The maximum atomic E-state index is 3.37. The van der Waals surface area contributed by atoms with Crippen LogP contribution in [0.5, 0.6) is 0 Å². The molecule has 0 spiro atoms. The van der Waals surface area contributed by atoms with Crippen LogP contribution in [0.1, 0.15) is 20.3 Å². The van der Waals surface area contributed by atoms with E-state index in [0.717, 1.165) is 12.0 Å². The largest absolute Gasteiger partial charge is 0.314 e. The molecule has 0 aromatic heterocycles. The summed E-state index contributed by atoms with van der Waals surface area (Å²) in [6.07, 6.45) is 1.36. The number of rotatable bonds is 0. The first-order valence-corrected chi connectivity index (χ1v) is 3.02. The van der Waals surface area contributed by atoms with E-state index in [4.69, 9.17) is 0 Å². The third-order valence-electron chi connectivity index (χ3n) is 1.57. The van der Waals surface area contributed by atoms with Gasteiger partial charge in [-0.1, -0.05) is 6.92 Å². The molecule has 1 nitrogen and oxygen atoms in total. The molecule has 1 heteroatoms. The third kappa shape index (κ3) is 1.16. The molecule has 1 fully saturated rings. The summed E-state index contributed by atoms with van der Waals surface area (Å²) in [5, 5.41) is 3.37. The first-order valence-electron chi connectivity index (χ1n) is 3.02. The fourth-order valence-corrected chi connectivity index (χ4v) is 1.17. The van der Waals surface area contributed by atoms with Crippen LogP contribution >= 0.6 is 0 Å². The van der Waals surface area contributed by atoms with Crippen molar-refractivity contribution >= 4 is 0 Å². The minimum atomic E-state index is 0.773. The van der Waals surface area contributed by atoms with E-state index in [1.165, 1.54) is 13.0 Å². The minimum absolute atomic E-state index is 0.773. The van der Waals surface area contributed by atoms with Crippen LogP contribution in [-0.2, 0) is 0 Å². The summed E-state index contributed by atoms with van der Waals surface area (Å²) in [6.45, 7) is 5.75. The Balaban J connectivity index is 2.26. The van der Waals surface area contributed by atoms with Crippen LogP contribution in [0.25, 0.3) is 0 Å². The van der Waals surface area contributed by atoms with E-state index in [2.05, 4.69) is 19.2 Å². The predicted molar refractivity (Wildman–Crippen MR) is 31.2 cm³/mol.